The largest absolute Gasteiger partial charge is 0.311 e. The van der Waals surface area contributed by atoms with Gasteiger partial charge in [-0.15, -0.1) is 0 Å². The van der Waals surface area contributed by atoms with Gasteiger partial charge in [0.1, 0.15) is 0 Å². The molecule has 0 bridgehead atoms. The molecule has 0 aromatic carbocycles. The molecule has 1 N–H and O–H groups in total. The predicted octanol–water partition coefficient (Wildman–Crippen LogP) is 5.01. The van der Waals surface area contributed by atoms with E-state index >= 15 is 0 Å². The highest BCUT2D eigenvalue weighted by atomic mass is 15.0. The van der Waals surface area contributed by atoms with Crippen LogP contribution in [0.15, 0.2) is 0 Å². The summed E-state index contributed by atoms with van der Waals surface area (Å²) in [7, 11) is 0. The zero-order valence-electron chi connectivity index (χ0n) is 13.3. The lowest BCUT2D eigenvalue weighted by molar-refractivity contribution is 0.240. The second kappa shape index (κ2) is 8.19. The van der Waals surface area contributed by atoms with E-state index in [1.54, 1.807) is 0 Å². The Morgan fingerprint density at radius 1 is 0.833 bits per heavy atom. The molecule has 1 aliphatic rings. The molecule has 0 aromatic heterocycles. The average Bonchev–Trinajstić information content (AvgIpc) is 2.28. The smallest absolute Gasteiger partial charge is 0.00745 e. The van der Waals surface area contributed by atoms with Crippen molar-refractivity contribution in [2.75, 3.05) is 0 Å². The van der Waals surface area contributed by atoms with Gasteiger partial charge in [0, 0.05) is 12.1 Å². The predicted molar refractivity (Wildman–Crippen MR) is 81.9 cm³/mol. The molecule has 0 heterocycles. The molecular formula is C17H35N. The van der Waals surface area contributed by atoms with Crippen LogP contribution < -0.4 is 5.32 Å². The van der Waals surface area contributed by atoms with Crippen LogP contribution in [0.25, 0.3) is 0 Å². The van der Waals surface area contributed by atoms with Gasteiger partial charge < -0.3 is 5.32 Å². The summed E-state index contributed by atoms with van der Waals surface area (Å²) in [6.07, 6.45) is 9.93. The lowest BCUT2D eigenvalue weighted by Gasteiger charge is -2.33. The first kappa shape index (κ1) is 16.0. The molecule has 0 radical (unpaired) electrons. The topological polar surface area (TPSA) is 12.0 Å². The highest BCUT2D eigenvalue weighted by Crippen LogP contribution is 2.27. The lowest BCUT2D eigenvalue weighted by Crippen LogP contribution is -2.42. The van der Waals surface area contributed by atoms with Gasteiger partial charge in [-0.3, -0.25) is 0 Å². The molecule has 1 heteroatoms. The van der Waals surface area contributed by atoms with Gasteiger partial charge in [-0.1, -0.05) is 47.0 Å². The average molecular weight is 253 g/mol. The minimum absolute atomic E-state index is 0.716. The number of hydrogen-bond donors (Lipinski definition) is 1. The molecule has 1 aliphatic carbocycles. The Balaban J connectivity index is 2.41. The Bertz CT molecular complexity index is 194. The quantitative estimate of drug-likeness (QED) is 0.673. The second-order valence-corrected chi connectivity index (χ2v) is 7.31. The SMILES string of the molecule is CC(C)CC(CC(C)C)NC(C)C1CCCCC1. The maximum absolute atomic E-state index is 3.95. The first-order valence-corrected chi connectivity index (χ1v) is 8.25. The van der Waals surface area contributed by atoms with Crippen molar-refractivity contribution in [3.8, 4) is 0 Å². The zero-order valence-corrected chi connectivity index (χ0v) is 13.3. The molecule has 0 spiro atoms. The van der Waals surface area contributed by atoms with Crippen molar-refractivity contribution in [3.63, 3.8) is 0 Å². The van der Waals surface area contributed by atoms with Crippen LogP contribution in [0, 0.1) is 17.8 Å². The molecular weight excluding hydrogens is 218 g/mol. The zero-order chi connectivity index (χ0) is 13.5. The van der Waals surface area contributed by atoms with Crippen molar-refractivity contribution in [3.05, 3.63) is 0 Å². The maximum atomic E-state index is 3.95. The van der Waals surface area contributed by atoms with Gasteiger partial charge in [-0.05, 0) is 50.4 Å². The van der Waals surface area contributed by atoms with E-state index in [0.717, 1.165) is 23.8 Å². The standard InChI is InChI=1S/C17H35N/c1-13(2)11-17(12-14(3)4)18-15(5)16-9-7-6-8-10-16/h13-18H,6-12H2,1-5H3. The van der Waals surface area contributed by atoms with E-state index in [2.05, 4.69) is 39.9 Å². The van der Waals surface area contributed by atoms with Gasteiger partial charge >= 0.3 is 0 Å². The Kier molecular flexibility index (Phi) is 7.29. The second-order valence-electron chi connectivity index (χ2n) is 7.31. The molecule has 1 rings (SSSR count). The minimum atomic E-state index is 0.716. The van der Waals surface area contributed by atoms with Gasteiger partial charge in [0.25, 0.3) is 0 Å². The fourth-order valence-electron chi connectivity index (χ4n) is 3.51. The van der Waals surface area contributed by atoms with Crippen LogP contribution in [-0.4, -0.2) is 12.1 Å². The summed E-state index contributed by atoms with van der Waals surface area (Å²) >= 11 is 0. The van der Waals surface area contributed by atoms with Crippen molar-refractivity contribution in [2.45, 2.75) is 91.6 Å². The fourth-order valence-corrected chi connectivity index (χ4v) is 3.51. The first-order chi connectivity index (χ1) is 8.49. The van der Waals surface area contributed by atoms with Crippen molar-refractivity contribution in [1.29, 1.82) is 0 Å². The van der Waals surface area contributed by atoms with E-state index in [0.29, 0.717) is 6.04 Å². The molecule has 1 nitrogen and oxygen atoms in total. The van der Waals surface area contributed by atoms with Crippen molar-refractivity contribution in [1.82, 2.24) is 5.32 Å². The highest BCUT2D eigenvalue weighted by Gasteiger charge is 2.23. The maximum Gasteiger partial charge on any atom is 0.00745 e. The van der Waals surface area contributed by atoms with Gasteiger partial charge in [0.05, 0.1) is 0 Å². The minimum Gasteiger partial charge on any atom is -0.311 e. The van der Waals surface area contributed by atoms with E-state index in [-0.39, 0.29) is 0 Å². The monoisotopic (exact) mass is 253 g/mol. The van der Waals surface area contributed by atoms with Crippen LogP contribution in [0.1, 0.15) is 79.6 Å². The Morgan fingerprint density at radius 3 is 1.78 bits per heavy atom. The van der Waals surface area contributed by atoms with Crippen LogP contribution in [-0.2, 0) is 0 Å². The summed E-state index contributed by atoms with van der Waals surface area (Å²) in [5, 5.41) is 3.95. The number of nitrogens with one attached hydrogen (secondary N) is 1. The number of rotatable bonds is 7. The fraction of sp³-hybridized carbons (Fsp3) is 1.00. The van der Waals surface area contributed by atoms with Crippen LogP contribution in [0.5, 0.6) is 0 Å². The van der Waals surface area contributed by atoms with Crippen LogP contribution >= 0.6 is 0 Å². The summed E-state index contributed by atoms with van der Waals surface area (Å²) in [6.45, 7) is 11.8. The van der Waals surface area contributed by atoms with E-state index in [1.165, 1.54) is 44.9 Å². The molecule has 0 aliphatic heterocycles. The molecule has 0 amide bonds. The molecule has 0 aromatic rings. The summed E-state index contributed by atoms with van der Waals surface area (Å²) in [4.78, 5) is 0. The lowest BCUT2D eigenvalue weighted by atomic mass is 9.83. The van der Waals surface area contributed by atoms with E-state index < -0.39 is 0 Å². The van der Waals surface area contributed by atoms with E-state index in [4.69, 9.17) is 0 Å². The van der Waals surface area contributed by atoms with Crippen LogP contribution in [0.4, 0.5) is 0 Å². The molecule has 108 valence electrons. The normalized spacial score (nSPS) is 20.0. The molecule has 18 heavy (non-hydrogen) atoms. The van der Waals surface area contributed by atoms with Gasteiger partial charge in [0.2, 0.25) is 0 Å². The Hall–Kier alpha value is -0.0400. The van der Waals surface area contributed by atoms with E-state index in [1.807, 2.05) is 0 Å². The third kappa shape index (κ3) is 6.22. The molecule has 1 saturated carbocycles. The van der Waals surface area contributed by atoms with Crippen LogP contribution in [0.2, 0.25) is 0 Å². The molecule has 1 atom stereocenters. The Labute approximate surface area is 115 Å². The van der Waals surface area contributed by atoms with Crippen molar-refractivity contribution in [2.24, 2.45) is 17.8 Å². The summed E-state index contributed by atoms with van der Waals surface area (Å²) < 4.78 is 0. The van der Waals surface area contributed by atoms with Crippen molar-refractivity contribution < 1.29 is 0 Å². The highest BCUT2D eigenvalue weighted by molar-refractivity contribution is 4.80. The Morgan fingerprint density at radius 2 is 1.33 bits per heavy atom. The third-order valence-electron chi connectivity index (χ3n) is 4.37. The third-order valence-corrected chi connectivity index (χ3v) is 4.37. The van der Waals surface area contributed by atoms with Crippen molar-refractivity contribution >= 4 is 0 Å². The summed E-state index contributed by atoms with van der Waals surface area (Å²) in [6, 6.07) is 1.44. The first-order valence-electron chi connectivity index (χ1n) is 8.25. The van der Waals surface area contributed by atoms with Gasteiger partial charge in [-0.25, -0.2) is 0 Å². The molecule has 1 unspecified atom stereocenters. The molecule has 1 fully saturated rings. The van der Waals surface area contributed by atoms with Gasteiger partial charge in [0.15, 0.2) is 0 Å². The van der Waals surface area contributed by atoms with E-state index in [9.17, 15) is 0 Å². The number of hydrogen-bond acceptors (Lipinski definition) is 1. The van der Waals surface area contributed by atoms with Crippen LogP contribution in [0.3, 0.4) is 0 Å². The van der Waals surface area contributed by atoms with Gasteiger partial charge in [-0.2, -0.15) is 0 Å². The summed E-state index contributed by atoms with van der Waals surface area (Å²) in [5.41, 5.74) is 0. The molecule has 0 saturated heterocycles. The summed E-state index contributed by atoms with van der Waals surface area (Å²) in [5.74, 6) is 2.54.